The van der Waals surface area contributed by atoms with Crippen LogP contribution in [0.1, 0.15) is 6.42 Å². The van der Waals surface area contributed by atoms with Crippen LogP contribution in [0.25, 0.3) is 10.9 Å². The molecule has 1 aliphatic rings. The number of carbonyl (C=O) groups excluding carboxylic acids is 1. The number of nitrogens with two attached hydrogens (primary N) is 1. The SMILES string of the molecule is Nc1nc(N2CC(O)CC2=O)nc2cccc(F)c12. The predicted octanol–water partition coefficient (Wildman–Crippen LogP) is 0.449. The lowest BCUT2D eigenvalue weighted by molar-refractivity contribution is -0.117. The Morgan fingerprint density at radius 3 is 2.89 bits per heavy atom. The molecule has 6 nitrogen and oxygen atoms in total. The molecule has 1 saturated heterocycles. The van der Waals surface area contributed by atoms with Crippen molar-refractivity contribution in [3.63, 3.8) is 0 Å². The smallest absolute Gasteiger partial charge is 0.234 e. The molecule has 98 valence electrons. The van der Waals surface area contributed by atoms with Crippen LogP contribution >= 0.6 is 0 Å². The second-order valence-corrected chi connectivity index (χ2v) is 4.41. The van der Waals surface area contributed by atoms with Crippen molar-refractivity contribution in [1.82, 2.24) is 9.97 Å². The minimum atomic E-state index is -0.736. The molecule has 3 N–H and O–H groups in total. The van der Waals surface area contributed by atoms with Crippen molar-refractivity contribution in [3.8, 4) is 0 Å². The van der Waals surface area contributed by atoms with Crippen molar-refractivity contribution in [2.75, 3.05) is 17.2 Å². The number of hydrogen-bond donors (Lipinski definition) is 2. The van der Waals surface area contributed by atoms with Crippen LogP contribution in [0.15, 0.2) is 18.2 Å². The van der Waals surface area contributed by atoms with Crippen LogP contribution in [0.4, 0.5) is 16.2 Å². The highest BCUT2D eigenvalue weighted by atomic mass is 19.1. The van der Waals surface area contributed by atoms with E-state index in [1.54, 1.807) is 6.07 Å². The lowest BCUT2D eigenvalue weighted by Gasteiger charge is -2.14. The number of amides is 1. The summed E-state index contributed by atoms with van der Waals surface area (Å²) in [4.78, 5) is 21.0. The van der Waals surface area contributed by atoms with Gasteiger partial charge in [0, 0.05) is 0 Å². The number of aliphatic hydroxyl groups excluding tert-OH is 1. The Bertz CT molecular complexity index is 676. The molecule has 2 heterocycles. The average Bonchev–Trinajstić information content (AvgIpc) is 2.68. The van der Waals surface area contributed by atoms with Gasteiger partial charge < -0.3 is 10.8 Å². The normalized spacial score (nSPS) is 19.4. The van der Waals surface area contributed by atoms with Crippen molar-refractivity contribution >= 4 is 28.6 Å². The first-order valence-electron chi connectivity index (χ1n) is 5.76. The first-order chi connectivity index (χ1) is 9.06. The van der Waals surface area contributed by atoms with E-state index in [-0.39, 0.29) is 36.0 Å². The number of carbonyl (C=O) groups is 1. The van der Waals surface area contributed by atoms with Crippen LogP contribution in [-0.4, -0.2) is 33.6 Å². The van der Waals surface area contributed by atoms with E-state index >= 15 is 0 Å². The first kappa shape index (κ1) is 11.8. The Balaban J connectivity index is 2.14. The number of fused-ring (bicyclic) bond motifs is 1. The van der Waals surface area contributed by atoms with Gasteiger partial charge in [0.05, 0.1) is 30.0 Å². The Labute approximate surface area is 107 Å². The third-order valence-electron chi connectivity index (χ3n) is 3.03. The number of β-amino-alcohol motifs (C(OH)–C–C–N with tert-alkyl or cyclic N) is 1. The fourth-order valence-corrected chi connectivity index (χ4v) is 2.16. The molecule has 0 bridgehead atoms. The fraction of sp³-hybridized carbons (Fsp3) is 0.250. The van der Waals surface area contributed by atoms with Crippen molar-refractivity contribution in [3.05, 3.63) is 24.0 Å². The van der Waals surface area contributed by atoms with E-state index in [0.717, 1.165) is 0 Å². The third-order valence-corrected chi connectivity index (χ3v) is 3.03. The van der Waals surface area contributed by atoms with Gasteiger partial charge in [-0.15, -0.1) is 0 Å². The minimum Gasteiger partial charge on any atom is -0.391 e. The molecule has 1 aromatic heterocycles. The molecule has 19 heavy (non-hydrogen) atoms. The number of anilines is 2. The molecule has 1 aliphatic heterocycles. The van der Waals surface area contributed by atoms with Gasteiger partial charge in [-0.2, -0.15) is 4.98 Å². The molecule has 0 saturated carbocycles. The summed E-state index contributed by atoms with van der Waals surface area (Å²) >= 11 is 0. The maximum atomic E-state index is 13.6. The zero-order chi connectivity index (χ0) is 13.6. The second kappa shape index (κ2) is 4.13. The number of aromatic nitrogens is 2. The van der Waals surface area contributed by atoms with E-state index in [1.807, 2.05) is 0 Å². The summed E-state index contributed by atoms with van der Waals surface area (Å²) in [6.07, 6.45) is -0.703. The summed E-state index contributed by atoms with van der Waals surface area (Å²) in [6, 6.07) is 4.37. The Morgan fingerprint density at radius 1 is 1.42 bits per heavy atom. The first-order valence-corrected chi connectivity index (χ1v) is 5.76. The molecule has 3 rings (SSSR count). The summed E-state index contributed by atoms with van der Waals surface area (Å²) in [5.74, 6) is -0.707. The van der Waals surface area contributed by atoms with Gasteiger partial charge in [0.15, 0.2) is 0 Å². The van der Waals surface area contributed by atoms with Crippen LogP contribution in [0.2, 0.25) is 0 Å². The predicted molar refractivity (Wildman–Crippen MR) is 66.9 cm³/mol. The van der Waals surface area contributed by atoms with Crippen LogP contribution in [0.5, 0.6) is 0 Å². The summed E-state index contributed by atoms with van der Waals surface area (Å²) < 4.78 is 13.6. The molecule has 2 aromatic rings. The van der Waals surface area contributed by atoms with E-state index < -0.39 is 11.9 Å². The minimum absolute atomic E-state index is 0.0210. The van der Waals surface area contributed by atoms with Crippen LogP contribution in [0.3, 0.4) is 0 Å². The summed E-state index contributed by atoms with van der Waals surface area (Å²) in [6.45, 7) is 0.124. The van der Waals surface area contributed by atoms with Crippen molar-refractivity contribution in [1.29, 1.82) is 0 Å². The van der Waals surface area contributed by atoms with E-state index in [1.165, 1.54) is 17.0 Å². The standard InChI is InChI=1S/C12H11FN4O2/c13-7-2-1-3-8-10(7)11(14)16-12(15-8)17-5-6(18)4-9(17)19/h1-3,6,18H,4-5H2,(H2,14,15,16). The summed E-state index contributed by atoms with van der Waals surface area (Å²) in [7, 11) is 0. The number of nitrogens with zero attached hydrogens (tertiary/aromatic N) is 3. The van der Waals surface area contributed by atoms with Crippen LogP contribution in [-0.2, 0) is 4.79 Å². The van der Waals surface area contributed by atoms with Gasteiger partial charge in [-0.05, 0) is 12.1 Å². The molecule has 0 spiro atoms. The van der Waals surface area contributed by atoms with Gasteiger partial charge in [0.25, 0.3) is 0 Å². The highest BCUT2D eigenvalue weighted by Gasteiger charge is 2.31. The Hall–Kier alpha value is -2.28. The molecular formula is C12H11FN4O2. The Kier molecular flexibility index (Phi) is 2.56. The summed E-state index contributed by atoms with van der Waals surface area (Å²) in [5, 5.41) is 9.59. The topological polar surface area (TPSA) is 92.3 Å². The molecule has 0 aliphatic carbocycles. The van der Waals surface area contributed by atoms with Gasteiger partial charge in [-0.1, -0.05) is 6.07 Å². The number of rotatable bonds is 1. The van der Waals surface area contributed by atoms with Gasteiger partial charge >= 0.3 is 0 Å². The maximum Gasteiger partial charge on any atom is 0.234 e. The van der Waals surface area contributed by atoms with Crippen molar-refractivity contribution in [2.45, 2.75) is 12.5 Å². The van der Waals surface area contributed by atoms with Gasteiger partial charge in [0.2, 0.25) is 11.9 Å². The lowest BCUT2D eigenvalue weighted by Crippen LogP contribution is -2.27. The monoisotopic (exact) mass is 262 g/mol. The summed E-state index contributed by atoms with van der Waals surface area (Å²) in [5.41, 5.74) is 6.04. The number of nitrogen functional groups attached to an aromatic ring is 1. The molecular weight excluding hydrogens is 251 g/mol. The van der Waals surface area contributed by atoms with Crippen LogP contribution < -0.4 is 10.6 Å². The van der Waals surface area contributed by atoms with Gasteiger partial charge in [-0.25, -0.2) is 9.37 Å². The third kappa shape index (κ3) is 1.88. The molecule has 1 fully saturated rings. The van der Waals surface area contributed by atoms with Crippen molar-refractivity contribution in [2.24, 2.45) is 0 Å². The van der Waals surface area contributed by atoms with E-state index in [4.69, 9.17) is 5.73 Å². The number of halogens is 1. The molecule has 1 amide bonds. The lowest BCUT2D eigenvalue weighted by atomic mass is 10.2. The second-order valence-electron chi connectivity index (χ2n) is 4.41. The molecule has 1 aromatic carbocycles. The largest absolute Gasteiger partial charge is 0.391 e. The van der Waals surface area contributed by atoms with Crippen LogP contribution in [0, 0.1) is 5.82 Å². The molecule has 1 unspecified atom stereocenters. The van der Waals surface area contributed by atoms with E-state index in [9.17, 15) is 14.3 Å². The molecule has 1 atom stereocenters. The van der Waals surface area contributed by atoms with Gasteiger partial charge in [-0.3, -0.25) is 9.69 Å². The fourth-order valence-electron chi connectivity index (χ4n) is 2.16. The number of aliphatic hydroxyl groups is 1. The highest BCUT2D eigenvalue weighted by Crippen LogP contribution is 2.25. The number of hydrogen-bond acceptors (Lipinski definition) is 5. The average molecular weight is 262 g/mol. The van der Waals surface area contributed by atoms with E-state index in [2.05, 4.69) is 9.97 Å². The zero-order valence-corrected chi connectivity index (χ0v) is 9.88. The zero-order valence-electron chi connectivity index (χ0n) is 9.88. The van der Waals surface area contributed by atoms with Crippen molar-refractivity contribution < 1.29 is 14.3 Å². The van der Waals surface area contributed by atoms with E-state index in [0.29, 0.717) is 5.52 Å². The maximum absolute atomic E-state index is 13.6. The highest BCUT2D eigenvalue weighted by molar-refractivity contribution is 5.96. The Morgan fingerprint density at radius 2 is 2.21 bits per heavy atom. The number of benzene rings is 1. The molecule has 0 radical (unpaired) electrons. The van der Waals surface area contributed by atoms with Gasteiger partial charge in [0.1, 0.15) is 11.6 Å². The molecule has 7 heteroatoms. The quantitative estimate of drug-likeness (QED) is 0.778.